The fourth-order valence-corrected chi connectivity index (χ4v) is 1.92. The lowest BCUT2D eigenvalue weighted by molar-refractivity contribution is 0.0570. The van der Waals surface area contributed by atoms with Crippen molar-refractivity contribution in [1.82, 2.24) is 4.98 Å². The molecular weight excluding hydrogens is 224 g/mol. The summed E-state index contributed by atoms with van der Waals surface area (Å²) in [5.41, 5.74) is -0.485. The molecule has 0 unspecified atom stereocenters. The van der Waals surface area contributed by atoms with Gasteiger partial charge >= 0.3 is 6.09 Å². The number of hydrogen-bond donors (Lipinski definition) is 0. The Bertz CT molecular complexity index is 341. The summed E-state index contributed by atoms with van der Waals surface area (Å²) in [6, 6.07) is 0.0287. The van der Waals surface area contributed by atoms with E-state index in [0.717, 1.165) is 0 Å². The minimum absolute atomic E-state index is 0.0287. The van der Waals surface area contributed by atoms with Gasteiger partial charge in [-0.3, -0.25) is 4.90 Å². The van der Waals surface area contributed by atoms with Crippen molar-refractivity contribution in [2.75, 3.05) is 4.90 Å². The van der Waals surface area contributed by atoms with Crippen molar-refractivity contribution in [3.63, 3.8) is 0 Å². The largest absolute Gasteiger partial charge is 0.443 e. The van der Waals surface area contributed by atoms with Crippen LogP contribution in [0.3, 0.4) is 0 Å². The molecule has 4 nitrogen and oxygen atoms in total. The lowest BCUT2D eigenvalue weighted by Gasteiger charge is -2.28. The number of hydrogen-bond acceptors (Lipinski definition) is 4. The van der Waals surface area contributed by atoms with Crippen molar-refractivity contribution >= 4 is 22.6 Å². The minimum atomic E-state index is -0.485. The molecule has 16 heavy (non-hydrogen) atoms. The molecule has 1 aromatic heterocycles. The summed E-state index contributed by atoms with van der Waals surface area (Å²) in [7, 11) is 0. The van der Waals surface area contributed by atoms with E-state index in [0.29, 0.717) is 5.13 Å². The third kappa shape index (κ3) is 3.48. The zero-order valence-electron chi connectivity index (χ0n) is 10.4. The van der Waals surface area contributed by atoms with E-state index in [9.17, 15) is 4.79 Å². The van der Waals surface area contributed by atoms with Gasteiger partial charge in [-0.2, -0.15) is 0 Å². The quantitative estimate of drug-likeness (QED) is 0.799. The maximum atomic E-state index is 12.0. The standard InChI is InChI=1S/C11H18N2O2S/c1-8(2)13(9-12-6-7-16-9)10(14)15-11(3,4)5/h6-8H,1-5H3. The van der Waals surface area contributed by atoms with Gasteiger partial charge in [-0.1, -0.05) is 0 Å². The average molecular weight is 242 g/mol. The second kappa shape index (κ2) is 4.82. The zero-order chi connectivity index (χ0) is 12.3. The van der Waals surface area contributed by atoms with Gasteiger partial charge in [-0.05, 0) is 34.6 Å². The van der Waals surface area contributed by atoms with Crippen molar-refractivity contribution in [1.29, 1.82) is 0 Å². The Hall–Kier alpha value is -1.10. The molecule has 90 valence electrons. The number of anilines is 1. The van der Waals surface area contributed by atoms with E-state index < -0.39 is 5.60 Å². The second-order valence-electron chi connectivity index (χ2n) is 4.76. The molecule has 0 aliphatic carbocycles. The van der Waals surface area contributed by atoms with E-state index in [1.54, 1.807) is 11.1 Å². The van der Waals surface area contributed by atoms with E-state index in [4.69, 9.17) is 4.74 Å². The first-order chi connectivity index (χ1) is 7.31. The van der Waals surface area contributed by atoms with Crippen molar-refractivity contribution in [3.05, 3.63) is 11.6 Å². The number of carbonyl (C=O) groups is 1. The fourth-order valence-electron chi connectivity index (χ4n) is 1.16. The highest BCUT2D eigenvalue weighted by molar-refractivity contribution is 7.13. The molecule has 1 heterocycles. The first-order valence-corrected chi connectivity index (χ1v) is 6.11. The van der Waals surface area contributed by atoms with E-state index in [-0.39, 0.29) is 12.1 Å². The lowest BCUT2D eigenvalue weighted by atomic mass is 10.2. The molecule has 0 bridgehead atoms. The Morgan fingerprint density at radius 3 is 2.50 bits per heavy atom. The van der Waals surface area contributed by atoms with Gasteiger partial charge < -0.3 is 4.74 Å². The molecule has 0 spiro atoms. The number of rotatable bonds is 2. The first kappa shape index (κ1) is 13.0. The molecule has 1 amide bonds. The monoisotopic (exact) mass is 242 g/mol. The van der Waals surface area contributed by atoms with Crippen LogP contribution >= 0.6 is 11.3 Å². The third-order valence-electron chi connectivity index (χ3n) is 1.73. The molecule has 0 N–H and O–H groups in total. The van der Waals surface area contributed by atoms with Gasteiger partial charge in [0.05, 0.1) is 0 Å². The maximum Gasteiger partial charge on any atom is 0.416 e. The molecule has 0 aliphatic heterocycles. The number of aromatic nitrogens is 1. The summed E-state index contributed by atoms with van der Waals surface area (Å²) < 4.78 is 5.34. The van der Waals surface area contributed by atoms with E-state index in [1.165, 1.54) is 11.3 Å². The van der Waals surface area contributed by atoms with Crippen molar-refractivity contribution < 1.29 is 9.53 Å². The smallest absolute Gasteiger partial charge is 0.416 e. The Kier molecular flexibility index (Phi) is 3.91. The Labute approximate surface area is 100 Å². The van der Waals surface area contributed by atoms with Gasteiger partial charge in [-0.25, -0.2) is 9.78 Å². The van der Waals surface area contributed by atoms with Gasteiger partial charge in [0.2, 0.25) is 0 Å². The first-order valence-electron chi connectivity index (χ1n) is 5.23. The summed E-state index contributed by atoms with van der Waals surface area (Å²) in [5, 5.41) is 2.51. The molecule has 1 rings (SSSR count). The van der Waals surface area contributed by atoms with Crippen molar-refractivity contribution in [2.24, 2.45) is 0 Å². The van der Waals surface area contributed by atoms with Crippen LogP contribution in [-0.2, 0) is 4.74 Å². The molecule has 0 aromatic carbocycles. The molecule has 1 aromatic rings. The van der Waals surface area contributed by atoms with Crippen LogP contribution in [0.15, 0.2) is 11.6 Å². The fraction of sp³-hybridized carbons (Fsp3) is 0.636. The van der Waals surface area contributed by atoms with E-state index in [2.05, 4.69) is 4.98 Å². The molecule has 0 aliphatic rings. The van der Waals surface area contributed by atoms with Crippen molar-refractivity contribution in [2.45, 2.75) is 46.3 Å². The highest BCUT2D eigenvalue weighted by Gasteiger charge is 2.26. The van der Waals surface area contributed by atoms with E-state index >= 15 is 0 Å². The normalized spacial score (nSPS) is 11.6. The van der Waals surface area contributed by atoms with Crippen LogP contribution in [0.5, 0.6) is 0 Å². The Morgan fingerprint density at radius 2 is 2.12 bits per heavy atom. The lowest BCUT2D eigenvalue weighted by Crippen LogP contribution is -2.41. The highest BCUT2D eigenvalue weighted by atomic mass is 32.1. The Morgan fingerprint density at radius 1 is 1.50 bits per heavy atom. The summed E-state index contributed by atoms with van der Waals surface area (Å²) in [5.74, 6) is 0. The van der Waals surface area contributed by atoms with Gasteiger partial charge in [0.15, 0.2) is 5.13 Å². The Balaban J connectivity index is 2.84. The predicted molar refractivity (Wildman–Crippen MR) is 66.0 cm³/mol. The average Bonchev–Trinajstić information content (AvgIpc) is 2.52. The highest BCUT2D eigenvalue weighted by Crippen LogP contribution is 2.22. The van der Waals surface area contributed by atoms with Gasteiger partial charge in [0, 0.05) is 17.6 Å². The number of carbonyl (C=O) groups excluding carboxylic acids is 1. The number of thiazole rings is 1. The second-order valence-corrected chi connectivity index (χ2v) is 5.63. The molecule has 0 saturated carbocycles. The van der Waals surface area contributed by atoms with Crippen LogP contribution in [0.2, 0.25) is 0 Å². The zero-order valence-corrected chi connectivity index (χ0v) is 11.2. The molecule has 0 atom stereocenters. The van der Waals surface area contributed by atoms with Crippen molar-refractivity contribution in [3.8, 4) is 0 Å². The number of ether oxygens (including phenoxy) is 1. The van der Waals surface area contributed by atoms with Crippen LogP contribution in [0.1, 0.15) is 34.6 Å². The maximum absolute atomic E-state index is 12.0. The molecular formula is C11H18N2O2S. The van der Waals surface area contributed by atoms with Crippen LogP contribution < -0.4 is 4.90 Å². The SMILES string of the molecule is CC(C)N(C(=O)OC(C)(C)C)c1nccs1. The van der Waals surface area contributed by atoms with Crippen LogP contribution in [-0.4, -0.2) is 22.7 Å². The van der Waals surface area contributed by atoms with Crippen LogP contribution in [0.25, 0.3) is 0 Å². The minimum Gasteiger partial charge on any atom is -0.443 e. The van der Waals surface area contributed by atoms with Crippen LogP contribution in [0, 0.1) is 0 Å². The topological polar surface area (TPSA) is 42.4 Å². The molecule has 0 fully saturated rings. The predicted octanol–water partition coefficient (Wildman–Crippen LogP) is 3.29. The van der Waals surface area contributed by atoms with E-state index in [1.807, 2.05) is 40.0 Å². The number of amides is 1. The van der Waals surface area contributed by atoms with Crippen LogP contribution in [0.4, 0.5) is 9.93 Å². The number of nitrogens with zero attached hydrogens (tertiary/aromatic N) is 2. The molecule has 0 radical (unpaired) electrons. The summed E-state index contributed by atoms with van der Waals surface area (Å²) >= 11 is 1.43. The molecule has 0 saturated heterocycles. The van der Waals surface area contributed by atoms with Gasteiger partial charge in [0.25, 0.3) is 0 Å². The third-order valence-corrected chi connectivity index (χ3v) is 2.50. The van der Waals surface area contributed by atoms with Gasteiger partial charge in [-0.15, -0.1) is 11.3 Å². The summed E-state index contributed by atoms with van der Waals surface area (Å²) in [4.78, 5) is 17.7. The molecule has 5 heteroatoms. The summed E-state index contributed by atoms with van der Waals surface area (Å²) in [6.45, 7) is 9.43. The summed E-state index contributed by atoms with van der Waals surface area (Å²) in [6.07, 6.45) is 1.33. The van der Waals surface area contributed by atoms with Gasteiger partial charge in [0.1, 0.15) is 5.60 Å².